The molecule has 0 aliphatic heterocycles. The van der Waals surface area contributed by atoms with E-state index >= 15 is 0 Å². The fraction of sp³-hybridized carbons (Fsp3) is 0.333. The van der Waals surface area contributed by atoms with Crippen molar-refractivity contribution < 1.29 is 19.1 Å². The molecule has 1 aromatic carbocycles. The number of aromatic nitrogens is 3. The van der Waals surface area contributed by atoms with Gasteiger partial charge in [0.2, 0.25) is 5.91 Å². The number of thioether (sulfide) groups is 1. The fourth-order valence-electron chi connectivity index (χ4n) is 3.06. The van der Waals surface area contributed by atoms with E-state index in [9.17, 15) is 9.59 Å². The highest BCUT2D eigenvalue weighted by Gasteiger charge is 2.19. The van der Waals surface area contributed by atoms with Crippen molar-refractivity contribution in [3.05, 3.63) is 64.3 Å². The molecule has 1 N–H and O–H groups in total. The Labute approximate surface area is 207 Å². The van der Waals surface area contributed by atoms with E-state index in [1.165, 1.54) is 28.7 Å². The molecule has 0 saturated heterocycles. The number of thiophene rings is 1. The van der Waals surface area contributed by atoms with Crippen LogP contribution in [0.4, 0.5) is 5.00 Å². The highest BCUT2D eigenvalue weighted by molar-refractivity contribution is 7.99. The number of allylic oxidation sites excluding steroid dienone is 1. The molecule has 0 fully saturated rings. The third-order valence-electron chi connectivity index (χ3n) is 4.89. The summed E-state index contributed by atoms with van der Waals surface area (Å²) >= 11 is 2.59. The minimum Gasteiger partial charge on any atom is -0.486 e. The minimum atomic E-state index is -0.450. The van der Waals surface area contributed by atoms with Gasteiger partial charge in [0.1, 0.15) is 17.4 Å². The first kappa shape index (κ1) is 25.5. The Hall–Kier alpha value is -3.11. The molecule has 2 aromatic heterocycles. The first-order valence-corrected chi connectivity index (χ1v) is 12.6. The lowest BCUT2D eigenvalue weighted by Gasteiger charge is -2.10. The Morgan fingerprint density at radius 3 is 2.71 bits per heavy atom. The van der Waals surface area contributed by atoms with Gasteiger partial charge in [-0.3, -0.25) is 9.36 Å². The summed E-state index contributed by atoms with van der Waals surface area (Å²) in [6, 6.07) is 7.64. The van der Waals surface area contributed by atoms with Gasteiger partial charge in [-0.25, -0.2) is 4.79 Å². The zero-order valence-corrected chi connectivity index (χ0v) is 21.3. The van der Waals surface area contributed by atoms with Crippen LogP contribution in [0, 0.1) is 20.8 Å². The number of benzene rings is 1. The predicted molar refractivity (Wildman–Crippen MR) is 135 cm³/mol. The number of carbonyl (C=O) groups excluding carboxylic acids is 2. The summed E-state index contributed by atoms with van der Waals surface area (Å²) < 4.78 is 12.8. The zero-order chi connectivity index (χ0) is 24.7. The van der Waals surface area contributed by atoms with Crippen LogP contribution in [0.15, 0.2) is 42.1 Å². The second kappa shape index (κ2) is 11.8. The molecule has 1 amide bonds. The quantitative estimate of drug-likeness (QED) is 0.226. The molecule has 34 heavy (non-hydrogen) atoms. The Morgan fingerprint density at radius 1 is 1.21 bits per heavy atom. The topological polar surface area (TPSA) is 95.3 Å². The number of hydrogen-bond donors (Lipinski definition) is 1. The van der Waals surface area contributed by atoms with Crippen LogP contribution < -0.4 is 10.1 Å². The third kappa shape index (κ3) is 6.48. The number of amides is 1. The number of anilines is 1. The molecule has 0 spiro atoms. The van der Waals surface area contributed by atoms with Crippen molar-refractivity contribution in [1.82, 2.24) is 14.8 Å². The Bertz CT molecular complexity index is 1190. The first-order valence-electron chi connectivity index (χ1n) is 10.8. The molecule has 0 unspecified atom stereocenters. The van der Waals surface area contributed by atoms with E-state index in [0.29, 0.717) is 28.1 Å². The van der Waals surface area contributed by atoms with E-state index in [0.717, 1.165) is 16.2 Å². The molecule has 8 nitrogen and oxygen atoms in total. The maximum Gasteiger partial charge on any atom is 0.341 e. The van der Waals surface area contributed by atoms with Crippen molar-refractivity contribution in [3.63, 3.8) is 0 Å². The number of nitrogens with zero attached hydrogens (tertiary/aromatic N) is 3. The van der Waals surface area contributed by atoms with Gasteiger partial charge in [0.15, 0.2) is 11.0 Å². The van der Waals surface area contributed by atoms with Gasteiger partial charge in [-0.05, 0) is 57.0 Å². The summed E-state index contributed by atoms with van der Waals surface area (Å²) in [5.74, 6) is 0.799. The van der Waals surface area contributed by atoms with Gasteiger partial charge in [0.25, 0.3) is 0 Å². The number of rotatable bonds is 11. The maximum atomic E-state index is 12.6. The average Bonchev–Trinajstić information content (AvgIpc) is 3.36. The van der Waals surface area contributed by atoms with E-state index in [1.807, 2.05) is 36.6 Å². The lowest BCUT2D eigenvalue weighted by Crippen LogP contribution is -2.16. The molecule has 0 atom stereocenters. The Kier molecular flexibility index (Phi) is 8.89. The molecule has 0 radical (unpaired) electrons. The van der Waals surface area contributed by atoms with Crippen LogP contribution in [0.25, 0.3) is 0 Å². The molecule has 10 heteroatoms. The van der Waals surface area contributed by atoms with Crippen LogP contribution >= 0.6 is 23.1 Å². The number of hydrogen-bond acceptors (Lipinski definition) is 8. The molecule has 3 rings (SSSR count). The zero-order valence-electron chi connectivity index (χ0n) is 19.7. The lowest BCUT2D eigenvalue weighted by molar-refractivity contribution is -0.113. The van der Waals surface area contributed by atoms with Crippen LogP contribution in [0.5, 0.6) is 5.75 Å². The van der Waals surface area contributed by atoms with Crippen LogP contribution in [0.2, 0.25) is 0 Å². The van der Waals surface area contributed by atoms with E-state index in [-0.39, 0.29) is 24.9 Å². The first-order chi connectivity index (χ1) is 16.3. The van der Waals surface area contributed by atoms with Crippen molar-refractivity contribution >= 4 is 40.0 Å². The molecule has 2 heterocycles. The highest BCUT2D eigenvalue weighted by Crippen LogP contribution is 2.29. The Balaban J connectivity index is 1.64. The van der Waals surface area contributed by atoms with Gasteiger partial charge < -0.3 is 14.8 Å². The SMILES string of the molecule is C=CCn1c(COc2ccc(C)c(C)c2)nnc1SCC(=O)Nc1sc(C)cc1C(=O)OCC. The summed E-state index contributed by atoms with van der Waals surface area (Å²) in [5.41, 5.74) is 2.72. The third-order valence-corrected chi connectivity index (χ3v) is 6.82. The molecule has 0 aliphatic rings. The maximum absolute atomic E-state index is 12.6. The number of aryl methyl sites for hydroxylation is 3. The van der Waals surface area contributed by atoms with Crippen LogP contribution in [0.1, 0.15) is 39.1 Å². The van der Waals surface area contributed by atoms with E-state index in [4.69, 9.17) is 9.47 Å². The lowest BCUT2D eigenvalue weighted by atomic mass is 10.1. The summed E-state index contributed by atoms with van der Waals surface area (Å²) in [5, 5.41) is 12.3. The smallest absolute Gasteiger partial charge is 0.341 e. The predicted octanol–water partition coefficient (Wildman–Crippen LogP) is 4.94. The molecular formula is C24H28N4O4S2. The van der Waals surface area contributed by atoms with Crippen LogP contribution in [0.3, 0.4) is 0 Å². The van der Waals surface area contributed by atoms with Crippen LogP contribution in [-0.2, 0) is 22.7 Å². The van der Waals surface area contributed by atoms with Crippen molar-refractivity contribution in [2.45, 2.75) is 46.0 Å². The van der Waals surface area contributed by atoms with E-state index in [1.54, 1.807) is 19.1 Å². The van der Waals surface area contributed by atoms with Crippen molar-refractivity contribution in [3.8, 4) is 5.75 Å². The Morgan fingerprint density at radius 2 is 2.00 bits per heavy atom. The number of carbonyl (C=O) groups is 2. The molecule has 0 saturated carbocycles. The molecule has 180 valence electrons. The molecule has 0 bridgehead atoms. The van der Waals surface area contributed by atoms with Gasteiger partial charge >= 0.3 is 5.97 Å². The van der Waals surface area contributed by atoms with Gasteiger partial charge in [0.05, 0.1) is 17.9 Å². The van der Waals surface area contributed by atoms with Crippen molar-refractivity contribution in [2.24, 2.45) is 0 Å². The van der Waals surface area contributed by atoms with Gasteiger partial charge in [0, 0.05) is 11.4 Å². The minimum absolute atomic E-state index is 0.104. The average molecular weight is 501 g/mol. The van der Waals surface area contributed by atoms with Crippen LogP contribution in [-0.4, -0.2) is 39.0 Å². The summed E-state index contributed by atoms with van der Waals surface area (Å²) in [6.45, 7) is 12.5. The summed E-state index contributed by atoms with van der Waals surface area (Å²) in [4.78, 5) is 25.6. The van der Waals surface area contributed by atoms with Gasteiger partial charge in [-0.15, -0.1) is 28.1 Å². The second-order valence-electron chi connectivity index (χ2n) is 7.49. The normalized spacial score (nSPS) is 10.7. The number of esters is 1. The van der Waals surface area contributed by atoms with E-state index < -0.39 is 5.97 Å². The van der Waals surface area contributed by atoms with Gasteiger partial charge in [-0.1, -0.05) is 23.9 Å². The monoisotopic (exact) mass is 500 g/mol. The second-order valence-corrected chi connectivity index (χ2v) is 9.69. The van der Waals surface area contributed by atoms with Gasteiger partial charge in [-0.2, -0.15) is 0 Å². The largest absolute Gasteiger partial charge is 0.486 e. The molecule has 3 aromatic rings. The number of ether oxygens (including phenoxy) is 2. The summed E-state index contributed by atoms with van der Waals surface area (Å²) in [7, 11) is 0. The summed E-state index contributed by atoms with van der Waals surface area (Å²) in [6.07, 6.45) is 1.74. The highest BCUT2D eigenvalue weighted by atomic mass is 32.2. The fourth-order valence-corrected chi connectivity index (χ4v) is 4.74. The number of nitrogens with one attached hydrogen (secondary N) is 1. The standard InChI is InChI=1S/C24H28N4O4S2/c1-6-10-28-20(13-32-18-9-8-15(3)16(4)11-18)26-27-24(28)33-14-21(29)25-22-19(12-17(5)34-22)23(30)31-7-2/h6,8-9,11-12H,1,7,10,13-14H2,2-5H3,(H,25,29). The molecule has 0 aliphatic carbocycles. The molecular weight excluding hydrogens is 472 g/mol. The van der Waals surface area contributed by atoms with Crippen molar-refractivity contribution in [2.75, 3.05) is 17.7 Å². The van der Waals surface area contributed by atoms with E-state index in [2.05, 4.69) is 29.0 Å². The van der Waals surface area contributed by atoms with Crippen molar-refractivity contribution in [1.29, 1.82) is 0 Å².